The fourth-order valence-electron chi connectivity index (χ4n) is 2.17. The number of sulfonamides is 1. The Hall–Kier alpha value is -1.47. The van der Waals surface area contributed by atoms with Crippen LogP contribution in [0, 0.1) is 0 Å². The minimum atomic E-state index is -3.71. The molecule has 2 aromatic rings. The number of para-hydroxylation sites is 1. The van der Waals surface area contributed by atoms with Gasteiger partial charge in [-0.05, 0) is 24.3 Å². The number of fused-ring (bicyclic) bond motifs is 1. The van der Waals surface area contributed by atoms with Crippen LogP contribution in [0.15, 0.2) is 41.3 Å². The van der Waals surface area contributed by atoms with Gasteiger partial charge in [-0.25, -0.2) is 13.1 Å². The summed E-state index contributed by atoms with van der Waals surface area (Å²) in [6.07, 6.45) is 0. The Morgan fingerprint density at radius 3 is 2.61 bits per heavy atom. The second kappa shape index (κ2) is 6.57. The van der Waals surface area contributed by atoms with Gasteiger partial charge in [-0.2, -0.15) is 0 Å². The van der Waals surface area contributed by atoms with Crippen LogP contribution in [-0.2, 0) is 16.6 Å². The first kappa shape index (κ1) is 16.4. The Morgan fingerprint density at radius 2 is 1.83 bits per heavy atom. The van der Waals surface area contributed by atoms with Gasteiger partial charge >= 0.3 is 0 Å². The van der Waals surface area contributed by atoms with E-state index in [1.165, 1.54) is 18.2 Å². The zero-order valence-electron chi connectivity index (χ0n) is 11.9. The average molecular weight is 374 g/mol. The number of nitrogens with one attached hydrogen (secondary N) is 1. The maximum Gasteiger partial charge on any atom is 0.240 e. The van der Waals surface area contributed by atoms with Gasteiger partial charge in [-0.1, -0.05) is 35.3 Å². The van der Waals surface area contributed by atoms with Gasteiger partial charge in [0.1, 0.15) is 13.2 Å². The van der Waals surface area contributed by atoms with E-state index in [4.69, 9.17) is 32.7 Å². The van der Waals surface area contributed by atoms with Crippen molar-refractivity contribution in [2.75, 3.05) is 13.2 Å². The third-order valence-electron chi connectivity index (χ3n) is 3.30. The molecule has 0 aliphatic carbocycles. The Kier molecular flexibility index (Phi) is 4.68. The average Bonchev–Trinajstić information content (AvgIpc) is 2.55. The summed E-state index contributed by atoms with van der Waals surface area (Å²) in [7, 11) is -3.71. The molecule has 0 radical (unpaired) electrons. The summed E-state index contributed by atoms with van der Waals surface area (Å²) in [5.74, 6) is 1.18. The van der Waals surface area contributed by atoms with Crippen molar-refractivity contribution in [3.8, 4) is 11.5 Å². The van der Waals surface area contributed by atoms with Gasteiger partial charge in [0.05, 0.1) is 14.9 Å². The number of hydrogen-bond acceptors (Lipinski definition) is 4. The van der Waals surface area contributed by atoms with Crippen molar-refractivity contribution < 1.29 is 17.9 Å². The lowest BCUT2D eigenvalue weighted by Crippen LogP contribution is -2.24. The van der Waals surface area contributed by atoms with Crippen LogP contribution in [0.1, 0.15) is 5.56 Å². The molecule has 0 aromatic heterocycles. The monoisotopic (exact) mass is 373 g/mol. The summed E-state index contributed by atoms with van der Waals surface area (Å²) < 4.78 is 38.3. The van der Waals surface area contributed by atoms with E-state index in [9.17, 15) is 8.42 Å². The highest BCUT2D eigenvalue weighted by Crippen LogP contribution is 2.33. The summed E-state index contributed by atoms with van der Waals surface area (Å²) in [4.78, 5) is 0.0499. The smallest absolute Gasteiger partial charge is 0.240 e. The number of hydrogen-bond donors (Lipinski definition) is 1. The lowest BCUT2D eigenvalue weighted by Gasteiger charge is -2.21. The molecule has 0 fully saturated rings. The van der Waals surface area contributed by atoms with Crippen LogP contribution in [0.25, 0.3) is 0 Å². The molecule has 1 aliphatic rings. The van der Waals surface area contributed by atoms with Crippen molar-refractivity contribution in [2.45, 2.75) is 11.4 Å². The minimum Gasteiger partial charge on any atom is -0.486 e. The largest absolute Gasteiger partial charge is 0.486 e. The van der Waals surface area contributed by atoms with Crippen LogP contribution in [-0.4, -0.2) is 21.6 Å². The minimum absolute atomic E-state index is 0.0499. The SMILES string of the molecule is O=S(=O)(NCc1cccc2c1OCCO2)c1ccc(Cl)c(Cl)c1. The second-order valence-electron chi connectivity index (χ2n) is 4.84. The van der Waals surface area contributed by atoms with Gasteiger partial charge in [0, 0.05) is 12.1 Å². The summed E-state index contributed by atoms with van der Waals surface area (Å²) in [5.41, 5.74) is 0.700. The Morgan fingerprint density at radius 1 is 1.04 bits per heavy atom. The normalized spacial score (nSPS) is 13.8. The van der Waals surface area contributed by atoms with Gasteiger partial charge < -0.3 is 9.47 Å². The van der Waals surface area contributed by atoms with Crippen molar-refractivity contribution in [1.82, 2.24) is 4.72 Å². The van der Waals surface area contributed by atoms with Crippen LogP contribution < -0.4 is 14.2 Å². The standard InChI is InChI=1S/C15H13Cl2NO4S/c16-12-5-4-11(8-13(12)17)23(19,20)18-9-10-2-1-3-14-15(10)22-7-6-21-14/h1-5,8,18H,6-7,9H2. The van der Waals surface area contributed by atoms with Gasteiger partial charge in [0.15, 0.2) is 11.5 Å². The molecular formula is C15H13Cl2NO4S. The molecule has 2 aromatic carbocycles. The van der Waals surface area contributed by atoms with E-state index >= 15 is 0 Å². The molecule has 0 saturated carbocycles. The predicted molar refractivity (Wildman–Crippen MR) is 87.9 cm³/mol. The Labute approximate surface area is 144 Å². The van der Waals surface area contributed by atoms with Crippen LogP contribution in [0.5, 0.6) is 11.5 Å². The maximum atomic E-state index is 12.4. The van der Waals surface area contributed by atoms with E-state index in [-0.39, 0.29) is 16.5 Å². The molecule has 1 aliphatic heterocycles. The first-order valence-electron chi connectivity index (χ1n) is 6.79. The Balaban J connectivity index is 1.81. The zero-order valence-corrected chi connectivity index (χ0v) is 14.2. The summed E-state index contributed by atoms with van der Waals surface area (Å²) in [5, 5.41) is 0.483. The number of halogens is 2. The van der Waals surface area contributed by atoms with Gasteiger partial charge in [-0.15, -0.1) is 0 Å². The van der Waals surface area contributed by atoms with E-state index in [1.807, 2.05) is 0 Å². The molecule has 5 nitrogen and oxygen atoms in total. The quantitative estimate of drug-likeness (QED) is 0.893. The lowest BCUT2D eigenvalue weighted by molar-refractivity contribution is 0.170. The van der Waals surface area contributed by atoms with E-state index in [2.05, 4.69) is 4.72 Å². The molecule has 1 heterocycles. The van der Waals surface area contributed by atoms with Crippen LogP contribution >= 0.6 is 23.2 Å². The molecule has 0 saturated heterocycles. The van der Waals surface area contributed by atoms with Crippen molar-refractivity contribution in [2.24, 2.45) is 0 Å². The first-order chi connectivity index (χ1) is 11.0. The van der Waals surface area contributed by atoms with Crippen molar-refractivity contribution in [3.05, 3.63) is 52.0 Å². The fraction of sp³-hybridized carbons (Fsp3) is 0.200. The molecule has 0 amide bonds. The third kappa shape index (κ3) is 3.55. The molecule has 3 rings (SSSR count). The van der Waals surface area contributed by atoms with E-state index in [1.54, 1.807) is 18.2 Å². The number of ether oxygens (including phenoxy) is 2. The topological polar surface area (TPSA) is 64.6 Å². The zero-order chi connectivity index (χ0) is 16.4. The number of benzene rings is 2. The maximum absolute atomic E-state index is 12.4. The molecule has 0 unspecified atom stereocenters. The van der Waals surface area contributed by atoms with Crippen LogP contribution in [0.4, 0.5) is 0 Å². The van der Waals surface area contributed by atoms with Crippen molar-refractivity contribution in [3.63, 3.8) is 0 Å². The van der Waals surface area contributed by atoms with E-state index in [0.717, 1.165) is 0 Å². The third-order valence-corrected chi connectivity index (χ3v) is 5.44. The van der Waals surface area contributed by atoms with Crippen LogP contribution in [0.3, 0.4) is 0 Å². The molecule has 23 heavy (non-hydrogen) atoms. The summed E-state index contributed by atoms with van der Waals surface area (Å²) in [6, 6.07) is 9.51. The first-order valence-corrected chi connectivity index (χ1v) is 9.03. The fourth-order valence-corrected chi connectivity index (χ4v) is 3.57. The van der Waals surface area contributed by atoms with Gasteiger partial charge in [0.2, 0.25) is 10.0 Å². The molecule has 0 atom stereocenters. The van der Waals surface area contributed by atoms with Crippen molar-refractivity contribution >= 4 is 33.2 Å². The molecule has 1 N–H and O–H groups in total. The highest BCUT2D eigenvalue weighted by molar-refractivity contribution is 7.89. The molecule has 8 heteroatoms. The molecule has 0 spiro atoms. The van der Waals surface area contributed by atoms with Crippen molar-refractivity contribution in [1.29, 1.82) is 0 Å². The summed E-state index contributed by atoms with van der Waals surface area (Å²) >= 11 is 11.7. The van der Waals surface area contributed by atoms with Gasteiger partial charge in [-0.3, -0.25) is 0 Å². The number of rotatable bonds is 4. The second-order valence-corrected chi connectivity index (χ2v) is 7.42. The van der Waals surface area contributed by atoms with E-state index in [0.29, 0.717) is 35.3 Å². The predicted octanol–water partition coefficient (Wildman–Crippen LogP) is 3.24. The highest BCUT2D eigenvalue weighted by Gasteiger charge is 2.19. The van der Waals surface area contributed by atoms with Crippen LogP contribution in [0.2, 0.25) is 10.0 Å². The summed E-state index contributed by atoms with van der Waals surface area (Å²) in [6.45, 7) is 0.990. The molecular weight excluding hydrogens is 361 g/mol. The van der Waals surface area contributed by atoms with E-state index < -0.39 is 10.0 Å². The molecule has 0 bridgehead atoms. The lowest BCUT2D eigenvalue weighted by atomic mass is 10.2. The molecule has 122 valence electrons. The van der Waals surface area contributed by atoms with Gasteiger partial charge in [0.25, 0.3) is 0 Å². The Bertz CT molecular complexity index is 839. The highest BCUT2D eigenvalue weighted by atomic mass is 35.5.